The highest BCUT2D eigenvalue weighted by Crippen LogP contribution is 2.30. The average Bonchev–Trinajstić information content (AvgIpc) is 3.32. The monoisotopic (exact) mass is 551 g/mol. The van der Waals surface area contributed by atoms with Crippen molar-refractivity contribution in [3.8, 4) is 0 Å². The third-order valence-corrected chi connectivity index (χ3v) is 9.02. The van der Waals surface area contributed by atoms with E-state index in [4.69, 9.17) is 0 Å². The minimum atomic E-state index is -0.602. The Balaban J connectivity index is 1.25. The molecule has 4 aromatic heterocycles. The summed E-state index contributed by atoms with van der Waals surface area (Å²) in [4.78, 5) is 48.9. The molecule has 1 amide bonds. The van der Waals surface area contributed by atoms with Gasteiger partial charge in [-0.2, -0.15) is 16.9 Å². The second-order valence-corrected chi connectivity index (χ2v) is 11.7. The van der Waals surface area contributed by atoms with Gasteiger partial charge in [0.1, 0.15) is 11.5 Å². The summed E-state index contributed by atoms with van der Waals surface area (Å²) >= 11 is 1.84. The van der Waals surface area contributed by atoms with E-state index in [0.29, 0.717) is 42.6 Å². The average molecular weight is 552 g/mol. The van der Waals surface area contributed by atoms with Crippen molar-refractivity contribution < 1.29 is 9.18 Å². The van der Waals surface area contributed by atoms with Crippen LogP contribution >= 0.6 is 11.8 Å². The van der Waals surface area contributed by atoms with Gasteiger partial charge in [0.05, 0.1) is 28.5 Å². The summed E-state index contributed by atoms with van der Waals surface area (Å²) in [6, 6.07) is 2.54. The lowest BCUT2D eigenvalue weighted by molar-refractivity contribution is 0.0920. The lowest BCUT2D eigenvalue weighted by atomic mass is 9.90. The first-order valence-electron chi connectivity index (χ1n) is 13.3. The van der Waals surface area contributed by atoms with Gasteiger partial charge in [-0.25, -0.2) is 23.7 Å². The Bertz CT molecular complexity index is 1700. The fourth-order valence-electron chi connectivity index (χ4n) is 5.93. The highest BCUT2D eigenvalue weighted by atomic mass is 32.2. The molecule has 6 rings (SSSR count). The molecule has 39 heavy (non-hydrogen) atoms. The third kappa shape index (κ3) is 4.64. The van der Waals surface area contributed by atoms with Gasteiger partial charge in [-0.1, -0.05) is 0 Å². The predicted molar refractivity (Wildman–Crippen MR) is 147 cm³/mol. The number of hydrogen-bond donors (Lipinski definition) is 1. The number of thioether (sulfide) groups is 1. The minimum absolute atomic E-state index is 0.0746. The summed E-state index contributed by atoms with van der Waals surface area (Å²) in [5.74, 6) is 1.02. The number of fused-ring (bicyclic) bond motifs is 2. The molecule has 0 bridgehead atoms. The Morgan fingerprint density at radius 1 is 0.974 bits per heavy atom. The number of hydrogen-bond acceptors (Lipinski definition) is 7. The third-order valence-electron chi connectivity index (χ3n) is 7.97. The van der Waals surface area contributed by atoms with Gasteiger partial charge in [-0.05, 0) is 69.9 Å². The van der Waals surface area contributed by atoms with Crippen LogP contribution in [0.2, 0.25) is 0 Å². The summed E-state index contributed by atoms with van der Waals surface area (Å²) in [7, 11) is 0. The number of rotatable bonds is 4. The molecule has 204 valence electrons. The van der Waals surface area contributed by atoms with Crippen molar-refractivity contribution in [1.82, 2.24) is 34.0 Å². The molecule has 0 radical (unpaired) electrons. The van der Waals surface area contributed by atoms with E-state index < -0.39 is 11.4 Å². The number of carbonyl (C=O) groups is 1. The fourth-order valence-corrected chi connectivity index (χ4v) is 7.01. The highest BCUT2D eigenvalue weighted by Gasteiger charge is 2.30. The molecule has 0 atom stereocenters. The Kier molecular flexibility index (Phi) is 6.74. The van der Waals surface area contributed by atoms with E-state index in [1.54, 1.807) is 15.3 Å². The predicted octanol–water partition coefficient (Wildman–Crippen LogP) is 3.34. The second kappa shape index (κ2) is 10.2. The zero-order chi connectivity index (χ0) is 27.3. The number of nitrogens with zero attached hydrogens (tertiary/aromatic N) is 6. The molecular formula is C27H30FN7O3S. The van der Waals surface area contributed by atoms with Crippen molar-refractivity contribution in [2.45, 2.75) is 70.5 Å². The lowest BCUT2D eigenvalue weighted by Crippen LogP contribution is -2.46. The lowest BCUT2D eigenvalue weighted by Gasteiger charge is -2.31. The maximum absolute atomic E-state index is 14.1. The molecule has 0 spiro atoms. The van der Waals surface area contributed by atoms with Crippen LogP contribution in [0.25, 0.3) is 16.7 Å². The van der Waals surface area contributed by atoms with Gasteiger partial charge in [0.15, 0.2) is 5.65 Å². The van der Waals surface area contributed by atoms with Crippen molar-refractivity contribution in [3.05, 3.63) is 68.1 Å². The van der Waals surface area contributed by atoms with E-state index in [1.165, 1.54) is 10.6 Å². The topological polar surface area (TPSA) is 116 Å². The summed E-state index contributed by atoms with van der Waals surface area (Å²) in [5.41, 5.74) is 2.07. The van der Waals surface area contributed by atoms with E-state index in [0.717, 1.165) is 36.2 Å². The highest BCUT2D eigenvalue weighted by molar-refractivity contribution is 7.99. The molecule has 10 nitrogen and oxygen atoms in total. The molecule has 0 aromatic carbocycles. The number of pyridine rings is 1. The minimum Gasteiger partial charge on any atom is -0.349 e. The summed E-state index contributed by atoms with van der Waals surface area (Å²) in [5, 5.41) is 7.64. The van der Waals surface area contributed by atoms with Crippen molar-refractivity contribution in [1.29, 1.82) is 0 Å². The van der Waals surface area contributed by atoms with E-state index in [1.807, 2.05) is 31.7 Å². The first kappa shape index (κ1) is 25.7. The molecule has 12 heteroatoms. The number of carbonyl (C=O) groups excluding carboxylic acids is 1. The van der Waals surface area contributed by atoms with E-state index in [2.05, 4.69) is 20.4 Å². The van der Waals surface area contributed by atoms with Crippen LogP contribution in [0.5, 0.6) is 0 Å². The quantitative estimate of drug-likeness (QED) is 0.414. The van der Waals surface area contributed by atoms with Crippen LogP contribution < -0.4 is 16.6 Å². The van der Waals surface area contributed by atoms with Crippen molar-refractivity contribution in [2.75, 3.05) is 11.5 Å². The summed E-state index contributed by atoms with van der Waals surface area (Å²) in [6.07, 6.45) is 6.54. The van der Waals surface area contributed by atoms with Crippen LogP contribution in [0.1, 0.15) is 72.4 Å². The molecule has 1 N–H and O–H groups in total. The molecule has 5 heterocycles. The van der Waals surface area contributed by atoms with Gasteiger partial charge in [0.2, 0.25) is 0 Å². The van der Waals surface area contributed by atoms with Crippen molar-refractivity contribution in [3.63, 3.8) is 0 Å². The zero-order valence-corrected chi connectivity index (χ0v) is 22.7. The Hall–Kier alpha value is -3.54. The Morgan fingerprint density at radius 3 is 2.44 bits per heavy atom. The molecule has 4 aromatic rings. The van der Waals surface area contributed by atoms with Crippen molar-refractivity contribution >= 4 is 34.3 Å². The summed E-state index contributed by atoms with van der Waals surface area (Å²) < 4.78 is 18.7. The normalized spacial score (nSPS) is 20.5. The molecule has 2 fully saturated rings. The maximum atomic E-state index is 14.1. The van der Waals surface area contributed by atoms with Crippen molar-refractivity contribution in [2.24, 2.45) is 0 Å². The molecule has 0 unspecified atom stereocenters. The SMILES string of the molecule is Cc1cc2ncc(C(=O)NC3CCC(n4c(=O)c5cc(F)cnc5n(C5CCSCC5)c4=O)CC3)c(C)n2n1. The van der Waals surface area contributed by atoms with Crippen LogP contribution in [-0.2, 0) is 0 Å². The smallest absolute Gasteiger partial charge is 0.333 e. The van der Waals surface area contributed by atoms with Gasteiger partial charge in [-0.15, -0.1) is 0 Å². The molecule has 1 saturated heterocycles. The van der Waals surface area contributed by atoms with Crippen LogP contribution in [0.4, 0.5) is 4.39 Å². The van der Waals surface area contributed by atoms with Gasteiger partial charge in [0.25, 0.3) is 11.5 Å². The molecule has 1 aliphatic carbocycles. The van der Waals surface area contributed by atoms with E-state index >= 15 is 0 Å². The number of amides is 1. The first-order valence-corrected chi connectivity index (χ1v) is 14.5. The zero-order valence-electron chi connectivity index (χ0n) is 21.9. The van der Waals surface area contributed by atoms with Crippen LogP contribution in [0.15, 0.2) is 34.1 Å². The molecule has 2 aliphatic rings. The van der Waals surface area contributed by atoms with Crippen LogP contribution in [0.3, 0.4) is 0 Å². The summed E-state index contributed by atoms with van der Waals surface area (Å²) in [6.45, 7) is 3.72. The number of halogens is 1. The van der Waals surface area contributed by atoms with Gasteiger partial charge < -0.3 is 5.32 Å². The largest absolute Gasteiger partial charge is 0.349 e. The van der Waals surface area contributed by atoms with E-state index in [9.17, 15) is 18.8 Å². The fraction of sp³-hybridized carbons (Fsp3) is 0.481. The standard InChI is InChI=1S/C27H30FN7O3S/c1-15-11-23-29-14-22(16(2)35(23)32-15)25(36)31-18-3-5-19(6-4-18)34-26(37)21-12-17(28)13-30-24(21)33(27(34)38)20-7-9-39-10-8-20/h11-14,18-20H,3-10H2,1-2H3,(H,31,36). The molecule has 1 saturated carbocycles. The maximum Gasteiger partial charge on any atom is 0.333 e. The van der Waals surface area contributed by atoms with Gasteiger partial charge in [0, 0.05) is 30.4 Å². The number of nitrogens with one attached hydrogen (secondary N) is 1. The van der Waals surface area contributed by atoms with Crippen LogP contribution in [0, 0.1) is 19.7 Å². The van der Waals surface area contributed by atoms with Gasteiger partial charge in [-0.3, -0.25) is 18.7 Å². The van der Waals surface area contributed by atoms with E-state index in [-0.39, 0.29) is 40.8 Å². The second-order valence-electron chi connectivity index (χ2n) is 10.5. The van der Waals surface area contributed by atoms with Crippen LogP contribution in [-0.4, -0.2) is 52.2 Å². The number of aromatic nitrogens is 6. The number of aryl methyl sites for hydroxylation is 2. The van der Waals surface area contributed by atoms with Gasteiger partial charge >= 0.3 is 5.69 Å². The first-order chi connectivity index (χ1) is 18.8. The molecular weight excluding hydrogens is 521 g/mol. The Morgan fingerprint density at radius 2 is 1.69 bits per heavy atom. The molecule has 1 aliphatic heterocycles. The Labute approximate surface area is 227 Å².